The molecular weight excluding hydrogens is 389 g/mol. The summed E-state index contributed by atoms with van der Waals surface area (Å²) in [5.41, 5.74) is 1.74. The molecule has 8 heteroatoms. The average molecular weight is 404 g/mol. The number of halogens is 2. The van der Waals surface area contributed by atoms with Crippen LogP contribution in [-0.2, 0) is 4.79 Å². The van der Waals surface area contributed by atoms with E-state index in [2.05, 4.69) is 15.6 Å². The van der Waals surface area contributed by atoms with Crippen LogP contribution in [0.2, 0.25) is 5.02 Å². The van der Waals surface area contributed by atoms with Gasteiger partial charge in [0.25, 0.3) is 5.91 Å². The molecule has 2 aromatic carbocycles. The summed E-state index contributed by atoms with van der Waals surface area (Å²) in [7, 11) is 0. The third-order valence-corrected chi connectivity index (χ3v) is 4.90. The van der Waals surface area contributed by atoms with Crippen molar-refractivity contribution < 1.29 is 14.0 Å². The van der Waals surface area contributed by atoms with Gasteiger partial charge in [-0.05, 0) is 43.3 Å². The molecule has 0 aliphatic carbocycles. The zero-order chi connectivity index (χ0) is 19.4. The minimum atomic E-state index is -0.432. The summed E-state index contributed by atoms with van der Waals surface area (Å²) >= 11 is 7.26. The largest absolute Gasteiger partial charge is 0.343 e. The molecule has 5 nitrogen and oxygen atoms in total. The molecule has 3 rings (SSSR count). The minimum Gasteiger partial charge on any atom is -0.343 e. The molecule has 1 aromatic heterocycles. The fourth-order valence-corrected chi connectivity index (χ4v) is 3.46. The summed E-state index contributed by atoms with van der Waals surface area (Å²) in [5.74, 6) is -1.16. The van der Waals surface area contributed by atoms with Crippen LogP contribution in [0.5, 0.6) is 0 Å². The normalized spacial score (nSPS) is 10.5. The summed E-state index contributed by atoms with van der Waals surface area (Å²) < 4.78 is 13.1. The van der Waals surface area contributed by atoms with Gasteiger partial charge >= 0.3 is 0 Å². The maximum Gasteiger partial charge on any atom is 0.253 e. The quantitative estimate of drug-likeness (QED) is 0.668. The van der Waals surface area contributed by atoms with Crippen molar-refractivity contribution in [2.75, 3.05) is 11.9 Å². The second-order valence-electron chi connectivity index (χ2n) is 5.64. The van der Waals surface area contributed by atoms with E-state index in [1.54, 1.807) is 36.4 Å². The van der Waals surface area contributed by atoms with E-state index < -0.39 is 11.8 Å². The zero-order valence-electron chi connectivity index (χ0n) is 14.3. The number of hydrogen-bond donors (Lipinski definition) is 2. The Kier molecular flexibility index (Phi) is 5.83. The van der Waals surface area contributed by atoms with Gasteiger partial charge in [0.15, 0.2) is 5.13 Å². The highest BCUT2D eigenvalue weighted by Crippen LogP contribution is 2.30. The molecule has 2 N–H and O–H groups in total. The molecule has 0 radical (unpaired) electrons. The number of carbonyl (C=O) groups is 2. The smallest absolute Gasteiger partial charge is 0.253 e. The Bertz CT molecular complexity index is 989. The lowest BCUT2D eigenvalue weighted by atomic mass is 10.1. The Morgan fingerprint density at radius 3 is 2.56 bits per heavy atom. The fourth-order valence-electron chi connectivity index (χ4n) is 2.39. The van der Waals surface area contributed by atoms with Crippen LogP contribution in [0.3, 0.4) is 0 Å². The molecule has 138 valence electrons. The number of amides is 2. The Balaban J connectivity index is 1.61. The maximum absolute atomic E-state index is 13.1. The van der Waals surface area contributed by atoms with Crippen molar-refractivity contribution >= 4 is 39.9 Å². The van der Waals surface area contributed by atoms with Crippen LogP contribution < -0.4 is 10.6 Å². The number of aryl methyl sites for hydroxylation is 1. The summed E-state index contributed by atoms with van der Waals surface area (Å²) in [5, 5.41) is 5.89. The molecule has 0 saturated heterocycles. The highest BCUT2D eigenvalue weighted by Gasteiger charge is 2.14. The first-order valence-corrected chi connectivity index (χ1v) is 9.19. The van der Waals surface area contributed by atoms with Crippen molar-refractivity contribution in [3.05, 3.63) is 69.8 Å². The third-order valence-electron chi connectivity index (χ3n) is 3.69. The van der Waals surface area contributed by atoms with Gasteiger partial charge in [0, 0.05) is 10.4 Å². The van der Waals surface area contributed by atoms with E-state index in [9.17, 15) is 14.0 Å². The van der Waals surface area contributed by atoms with Crippen molar-refractivity contribution in [1.82, 2.24) is 10.3 Å². The van der Waals surface area contributed by atoms with E-state index in [1.807, 2.05) is 6.92 Å². The van der Waals surface area contributed by atoms with E-state index in [0.717, 1.165) is 10.4 Å². The molecule has 0 saturated carbocycles. The number of hydrogen-bond acceptors (Lipinski definition) is 4. The molecule has 2 amide bonds. The number of anilines is 1. The van der Waals surface area contributed by atoms with Gasteiger partial charge in [0.05, 0.1) is 22.8 Å². The van der Waals surface area contributed by atoms with Gasteiger partial charge in [0.2, 0.25) is 5.91 Å². The average Bonchev–Trinajstić information content (AvgIpc) is 3.01. The molecule has 0 fully saturated rings. The number of benzene rings is 2. The van der Waals surface area contributed by atoms with Crippen molar-refractivity contribution in [1.29, 1.82) is 0 Å². The Morgan fingerprint density at radius 2 is 1.85 bits per heavy atom. The number of aromatic nitrogens is 1. The van der Waals surface area contributed by atoms with Gasteiger partial charge in [0.1, 0.15) is 5.82 Å². The van der Waals surface area contributed by atoms with Crippen molar-refractivity contribution in [3.8, 4) is 11.3 Å². The summed E-state index contributed by atoms with van der Waals surface area (Å²) in [6.45, 7) is 1.65. The van der Waals surface area contributed by atoms with Crippen LogP contribution in [-0.4, -0.2) is 23.3 Å². The van der Waals surface area contributed by atoms with Gasteiger partial charge in [-0.1, -0.05) is 23.7 Å². The third kappa shape index (κ3) is 4.69. The Hall–Kier alpha value is -2.77. The fraction of sp³-hybridized carbons (Fsp3) is 0.105. The monoisotopic (exact) mass is 403 g/mol. The predicted octanol–water partition coefficient (Wildman–Crippen LogP) is 4.28. The van der Waals surface area contributed by atoms with E-state index >= 15 is 0 Å². The molecule has 0 spiro atoms. The predicted molar refractivity (Wildman–Crippen MR) is 105 cm³/mol. The highest BCUT2D eigenvalue weighted by atomic mass is 35.5. The molecule has 0 atom stereocenters. The molecular formula is C19H15ClFN3O2S. The zero-order valence-corrected chi connectivity index (χ0v) is 15.8. The van der Waals surface area contributed by atoms with E-state index in [4.69, 9.17) is 11.6 Å². The maximum atomic E-state index is 13.1. The lowest BCUT2D eigenvalue weighted by Crippen LogP contribution is -2.32. The molecule has 27 heavy (non-hydrogen) atoms. The second kappa shape index (κ2) is 8.28. The lowest BCUT2D eigenvalue weighted by Gasteiger charge is -2.06. The first-order chi connectivity index (χ1) is 12.9. The molecule has 0 unspecified atom stereocenters. The van der Waals surface area contributed by atoms with E-state index in [-0.39, 0.29) is 12.4 Å². The standard InChI is InChI=1S/C19H15ClFN3O2S/c1-11-17(12-6-8-13(21)9-7-12)24-19(27-11)23-16(25)10-22-18(26)14-4-2-3-5-15(14)20/h2-9H,10H2,1H3,(H,22,26)(H,23,24,25). The van der Waals surface area contributed by atoms with Gasteiger partial charge in [-0.2, -0.15) is 0 Å². The Morgan fingerprint density at radius 1 is 1.15 bits per heavy atom. The van der Waals surface area contributed by atoms with Crippen LogP contribution in [0.1, 0.15) is 15.2 Å². The number of rotatable bonds is 5. The van der Waals surface area contributed by atoms with Crippen LogP contribution in [0.15, 0.2) is 48.5 Å². The minimum absolute atomic E-state index is 0.214. The molecule has 1 heterocycles. The summed E-state index contributed by atoms with van der Waals surface area (Å²) in [6, 6.07) is 12.6. The molecule has 3 aromatic rings. The highest BCUT2D eigenvalue weighted by molar-refractivity contribution is 7.16. The van der Waals surface area contributed by atoms with Crippen LogP contribution >= 0.6 is 22.9 Å². The first kappa shape index (κ1) is 19.0. The van der Waals surface area contributed by atoms with Crippen molar-refractivity contribution in [3.63, 3.8) is 0 Å². The SMILES string of the molecule is Cc1sc(NC(=O)CNC(=O)c2ccccc2Cl)nc1-c1ccc(F)cc1. The van der Waals surface area contributed by atoms with Crippen LogP contribution in [0, 0.1) is 12.7 Å². The van der Waals surface area contributed by atoms with E-state index in [0.29, 0.717) is 21.4 Å². The van der Waals surface area contributed by atoms with Gasteiger partial charge in [-0.25, -0.2) is 9.37 Å². The van der Waals surface area contributed by atoms with Crippen molar-refractivity contribution in [2.45, 2.75) is 6.92 Å². The number of carbonyl (C=O) groups excluding carboxylic acids is 2. The second-order valence-corrected chi connectivity index (χ2v) is 7.25. The molecule has 0 bridgehead atoms. The summed E-state index contributed by atoms with van der Waals surface area (Å²) in [4.78, 5) is 29.4. The number of nitrogens with one attached hydrogen (secondary N) is 2. The topological polar surface area (TPSA) is 71.1 Å². The van der Waals surface area contributed by atoms with Gasteiger partial charge in [-0.15, -0.1) is 11.3 Å². The molecule has 0 aliphatic rings. The van der Waals surface area contributed by atoms with E-state index in [1.165, 1.54) is 23.5 Å². The number of thiazole rings is 1. The van der Waals surface area contributed by atoms with Crippen molar-refractivity contribution in [2.24, 2.45) is 0 Å². The van der Waals surface area contributed by atoms with Crippen LogP contribution in [0.4, 0.5) is 9.52 Å². The summed E-state index contributed by atoms with van der Waals surface area (Å²) in [6.07, 6.45) is 0. The van der Waals surface area contributed by atoms with Crippen LogP contribution in [0.25, 0.3) is 11.3 Å². The number of nitrogens with zero attached hydrogens (tertiary/aromatic N) is 1. The lowest BCUT2D eigenvalue weighted by molar-refractivity contribution is -0.115. The van der Waals surface area contributed by atoms with Gasteiger partial charge in [-0.3, -0.25) is 9.59 Å². The van der Waals surface area contributed by atoms with Gasteiger partial charge < -0.3 is 10.6 Å². The molecule has 0 aliphatic heterocycles. The first-order valence-electron chi connectivity index (χ1n) is 8.00. The Labute approximate surface area is 164 Å².